The van der Waals surface area contributed by atoms with E-state index in [0.717, 1.165) is 45.1 Å². The highest BCUT2D eigenvalue weighted by molar-refractivity contribution is 6.02. The van der Waals surface area contributed by atoms with E-state index in [2.05, 4.69) is 33.0 Å². The standard InChI is InChI=1S/C27H41NO3/c1-14-11-21-24(28-13-14)16(3)27(31-21)10-8-19-20-6-5-17-12-18(29)7-9-26(17,4)23(20)25(30)22(19)15(27)2/h14,16-21,23-24,28-29H,5-13H2,1-4H3/t14-,16-,17-,18-,19-,20-,21+,23+,24-,26-,27-/m0/s1. The van der Waals surface area contributed by atoms with Crippen LogP contribution < -0.4 is 5.32 Å². The van der Waals surface area contributed by atoms with Crippen molar-refractivity contribution < 1.29 is 14.6 Å². The van der Waals surface area contributed by atoms with Crippen molar-refractivity contribution in [1.82, 2.24) is 5.32 Å². The molecule has 0 aromatic carbocycles. The van der Waals surface area contributed by atoms with Crippen molar-refractivity contribution in [3.8, 4) is 0 Å². The second kappa shape index (κ2) is 6.90. The van der Waals surface area contributed by atoms with Crippen LogP contribution in [0, 0.1) is 40.9 Å². The Kier molecular flexibility index (Phi) is 4.64. The smallest absolute Gasteiger partial charge is 0.163 e. The van der Waals surface area contributed by atoms with Crippen molar-refractivity contribution in [3.05, 3.63) is 11.1 Å². The van der Waals surface area contributed by atoms with Gasteiger partial charge in [0.2, 0.25) is 0 Å². The molecule has 0 amide bonds. The van der Waals surface area contributed by atoms with Crippen molar-refractivity contribution in [1.29, 1.82) is 0 Å². The number of allylic oxidation sites excluding steroid dienone is 1. The van der Waals surface area contributed by atoms with Crippen molar-refractivity contribution >= 4 is 5.78 Å². The minimum atomic E-state index is -0.246. The summed E-state index contributed by atoms with van der Waals surface area (Å²) in [6, 6.07) is 0.420. The van der Waals surface area contributed by atoms with Gasteiger partial charge < -0.3 is 15.2 Å². The number of aliphatic hydroxyl groups is 1. The van der Waals surface area contributed by atoms with Crippen LogP contribution in [0.2, 0.25) is 0 Å². The van der Waals surface area contributed by atoms with Crippen LogP contribution in [0.3, 0.4) is 0 Å². The number of fused-ring (bicyclic) bond motifs is 6. The highest BCUT2D eigenvalue weighted by Crippen LogP contribution is 2.65. The van der Waals surface area contributed by atoms with Crippen LogP contribution in [0.5, 0.6) is 0 Å². The van der Waals surface area contributed by atoms with Crippen LogP contribution in [0.15, 0.2) is 11.1 Å². The third-order valence-electron chi connectivity index (χ3n) is 11.2. The van der Waals surface area contributed by atoms with Gasteiger partial charge in [-0.1, -0.05) is 20.8 Å². The van der Waals surface area contributed by atoms with Gasteiger partial charge in [-0.2, -0.15) is 0 Å². The first kappa shape index (κ1) is 20.9. The Morgan fingerprint density at radius 2 is 1.90 bits per heavy atom. The molecule has 5 fully saturated rings. The molecule has 6 rings (SSSR count). The molecular formula is C27H41NO3. The first-order chi connectivity index (χ1) is 14.8. The molecule has 0 aromatic heterocycles. The van der Waals surface area contributed by atoms with Crippen LogP contribution in [-0.4, -0.2) is 41.3 Å². The fourth-order valence-electron chi connectivity index (χ4n) is 9.50. The molecule has 2 aliphatic heterocycles. The van der Waals surface area contributed by atoms with E-state index in [1.165, 1.54) is 24.0 Å². The number of carbonyl (C=O) groups excluding carboxylic acids is 1. The molecular weight excluding hydrogens is 386 g/mol. The fourth-order valence-corrected chi connectivity index (χ4v) is 9.50. The van der Waals surface area contributed by atoms with Crippen LogP contribution in [-0.2, 0) is 9.53 Å². The molecule has 3 saturated carbocycles. The zero-order valence-corrected chi connectivity index (χ0v) is 19.8. The summed E-state index contributed by atoms with van der Waals surface area (Å²) in [7, 11) is 0. The van der Waals surface area contributed by atoms with E-state index in [0.29, 0.717) is 41.4 Å². The average Bonchev–Trinajstić information content (AvgIpc) is 3.18. The Labute approximate surface area is 187 Å². The summed E-state index contributed by atoms with van der Waals surface area (Å²) < 4.78 is 6.94. The lowest BCUT2D eigenvalue weighted by Gasteiger charge is -2.52. The van der Waals surface area contributed by atoms with Gasteiger partial charge in [0.25, 0.3) is 0 Å². The molecule has 0 bridgehead atoms. The van der Waals surface area contributed by atoms with E-state index in [1.54, 1.807) is 0 Å². The van der Waals surface area contributed by atoms with Crippen LogP contribution in [0.1, 0.15) is 79.1 Å². The maximum absolute atomic E-state index is 14.1. The lowest BCUT2D eigenvalue weighted by Crippen LogP contribution is -2.49. The monoisotopic (exact) mass is 427 g/mol. The molecule has 6 aliphatic rings. The summed E-state index contributed by atoms with van der Waals surface area (Å²) in [6.07, 6.45) is 8.57. The summed E-state index contributed by atoms with van der Waals surface area (Å²) >= 11 is 0. The highest BCUT2D eigenvalue weighted by atomic mass is 16.5. The Hall–Kier alpha value is -0.710. The summed E-state index contributed by atoms with van der Waals surface area (Å²) in [5.74, 6) is 3.17. The summed E-state index contributed by atoms with van der Waals surface area (Å²) in [4.78, 5) is 14.1. The van der Waals surface area contributed by atoms with E-state index < -0.39 is 0 Å². The number of Topliss-reactive ketones (excluding diaryl/α,β-unsaturated/α-hetero) is 1. The molecule has 0 unspecified atom stereocenters. The predicted octanol–water partition coefficient (Wildman–Crippen LogP) is 4.26. The Bertz CT molecular complexity index is 821. The summed E-state index contributed by atoms with van der Waals surface area (Å²) in [6.45, 7) is 10.4. The maximum Gasteiger partial charge on any atom is 0.163 e. The highest BCUT2D eigenvalue weighted by Gasteiger charge is 2.64. The van der Waals surface area contributed by atoms with Crippen molar-refractivity contribution in [2.75, 3.05) is 6.54 Å². The first-order valence-electron chi connectivity index (χ1n) is 13.1. The largest absolute Gasteiger partial charge is 0.393 e. The fraction of sp³-hybridized carbons (Fsp3) is 0.889. The minimum absolute atomic E-state index is 0.0735. The van der Waals surface area contributed by atoms with Gasteiger partial charge in [0.05, 0.1) is 17.8 Å². The minimum Gasteiger partial charge on any atom is -0.393 e. The number of piperidine rings is 1. The number of rotatable bonds is 0. The average molecular weight is 428 g/mol. The number of hydrogen-bond acceptors (Lipinski definition) is 4. The summed E-state index contributed by atoms with van der Waals surface area (Å²) in [5.41, 5.74) is 2.29. The molecule has 31 heavy (non-hydrogen) atoms. The molecule has 2 N–H and O–H groups in total. The lowest BCUT2D eigenvalue weighted by atomic mass is 9.52. The molecule has 4 nitrogen and oxygen atoms in total. The molecule has 4 aliphatic carbocycles. The number of hydrogen-bond donors (Lipinski definition) is 2. The van der Waals surface area contributed by atoms with E-state index in [9.17, 15) is 9.90 Å². The normalized spacial score (nSPS) is 56.3. The third kappa shape index (κ3) is 2.68. The second-order valence-electron chi connectivity index (χ2n) is 12.5. The van der Waals surface area contributed by atoms with E-state index in [4.69, 9.17) is 4.74 Å². The Morgan fingerprint density at radius 3 is 2.71 bits per heavy atom. The number of aliphatic hydroxyl groups excluding tert-OH is 1. The van der Waals surface area contributed by atoms with E-state index in [-0.39, 0.29) is 29.1 Å². The van der Waals surface area contributed by atoms with Gasteiger partial charge in [-0.25, -0.2) is 0 Å². The zero-order chi connectivity index (χ0) is 21.7. The molecule has 11 atom stereocenters. The maximum atomic E-state index is 14.1. The number of carbonyl (C=O) groups is 1. The SMILES string of the molecule is CC1=C2C(=O)[C@H]3[C@@H](CC[C@H]4C[C@@H](O)CC[C@@]43C)[C@@H]2CC[C@]12O[C@@H]1C[C@H](C)CN[C@H]1[C@@H]2C. The predicted molar refractivity (Wildman–Crippen MR) is 120 cm³/mol. The van der Waals surface area contributed by atoms with Crippen molar-refractivity contribution in [2.24, 2.45) is 40.9 Å². The van der Waals surface area contributed by atoms with Gasteiger partial charge in [-0.05, 0) is 99.5 Å². The molecule has 1 spiro atoms. The topological polar surface area (TPSA) is 58.6 Å². The van der Waals surface area contributed by atoms with E-state index >= 15 is 0 Å². The van der Waals surface area contributed by atoms with Gasteiger partial charge in [0, 0.05) is 23.5 Å². The number of ketones is 1. The van der Waals surface area contributed by atoms with Crippen molar-refractivity contribution in [2.45, 2.75) is 103 Å². The van der Waals surface area contributed by atoms with Crippen LogP contribution in [0.4, 0.5) is 0 Å². The Morgan fingerprint density at radius 1 is 1.10 bits per heavy atom. The first-order valence-corrected chi connectivity index (χ1v) is 13.1. The quantitative estimate of drug-likeness (QED) is 0.606. The van der Waals surface area contributed by atoms with Gasteiger partial charge in [-0.3, -0.25) is 4.79 Å². The lowest BCUT2D eigenvalue weighted by molar-refractivity contribution is -0.132. The molecule has 0 aromatic rings. The van der Waals surface area contributed by atoms with Crippen LogP contribution in [0.25, 0.3) is 0 Å². The zero-order valence-electron chi connectivity index (χ0n) is 19.8. The number of nitrogens with one attached hydrogen (secondary N) is 1. The van der Waals surface area contributed by atoms with E-state index in [1.807, 2.05) is 0 Å². The molecule has 172 valence electrons. The van der Waals surface area contributed by atoms with Gasteiger partial charge in [-0.15, -0.1) is 0 Å². The number of ether oxygens (including phenoxy) is 1. The van der Waals surface area contributed by atoms with Gasteiger partial charge >= 0.3 is 0 Å². The van der Waals surface area contributed by atoms with Gasteiger partial charge in [0.1, 0.15) is 0 Å². The van der Waals surface area contributed by atoms with Crippen molar-refractivity contribution in [3.63, 3.8) is 0 Å². The Balaban J connectivity index is 1.38. The van der Waals surface area contributed by atoms with Gasteiger partial charge in [0.15, 0.2) is 5.78 Å². The molecule has 2 heterocycles. The van der Waals surface area contributed by atoms with Crippen LogP contribution >= 0.6 is 0 Å². The molecule has 2 saturated heterocycles. The summed E-state index contributed by atoms with van der Waals surface area (Å²) in [5, 5.41) is 14.1. The third-order valence-corrected chi connectivity index (χ3v) is 11.2. The molecule has 4 heteroatoms. The second-order valence-corrected chi connectivity index (χ2v) is 12.5. The molecule has 0 radical (unpaired) electrons.